The van der Waals surface area contributed by atoms with Crippen LogP contribution in [0.5, 0.6) is 5.75 Å². The van der Waals surface area contributed by atoms with E-state index in [0.29, 0.717) is 0 Å². The van der Waals surface area contributed by atoms with Gasteiger partial charge in [-0.3, -0.25) is 0 Å². The van der Waals surface area contributed by atoms with E-state index in [1.165, 1.54) is 5.56 Å². The zero-order valence-corrected chi connectivity index (χ0v) is 14.1. The van der Waals surface area contributed by atoms with Gasteiger partial charge < -0.3 is 4.74 Å². The average molecular weight is 338 g/mol. The number of rotatable bonds is 3. The lowest BCUT2D eigenvalue weighted by Crippen LogP contribution is -2.22. The molecule has 0 aliphatic heterocycles. The van der Waals surface area contributed by atoms with E-state index in [2.05, 4.69) is 41.7 Å². The van der Waals surface area contributed by atoms with Crippen molar-refractivity contribution in [2.45, 2.75) is 52.0 Å². The predicted molar refractivity (Wildman–Crippen MR) is 83.2 cm³/mol. The van der Waals surface area contributed by atoms with Crippen molar-refractivity contribution in [1.82, 2.24) is 0 Å². The Bertz CT molecular complexity index is 583. The van der Waals surface area contributed by atoms with Crippen LogP contribution in [-0.2, 0) is 10.3 Å². The van der Waals surface area contributed by atoms with E-state index in [4.69, 9.17) is 4.74 Å². The molecule has 0 unspecified atom stereocenters. The average Bonchev–Trinajstić information content (AvgIpc) is 2.90. The molecule has 1 fully saturated rings. The zero-order valence-electron chi connectivity index (χ0n) is 12.5. The lowest BCUT2D eigenvalue weighted by Gasteiger charge is -2.29. The summed E-state index contributed by atoms with van der Waals surface area (Å²) in [5.41, 5.74) is 3.98. The van der Waals surface area contributed by atoms with E-state index < -0.39 is 5.54 Å². The topological polar surface area (TPSA) is 38.7 Å². The highest BCUT2D eigenvalue weighted by molar-refractivity contribution is 9.10. The molecule has 1 saturated carbocycles. The Balaban J connectivity index is 2.81. The number of methoxy groups -OCH3 is 1. The second-order valence-corrected chi connectivity index (χ2v) is 6.33. The molecule has 0 spiro atoms. The van der Waals surface area contributed by atoms with Gasteiger partial charge in [-0.2, -0.15) is 4.99 Å². The molecule has 0 heterocycles. The summed E-state index contributed by atoms with van der Waals surface area (Å²) in [5.74, 6) is 0.865. The molecule has 0 saturated heterocycles. The standard InChI is InChI=1S/C16H20BrNO2/c1-10-11(2)15(20-4)13(12(3)14(10)17)16(18-9-19)7-5-6-8-16/h5-8H2,1-4H3. The summed E-state index contributed by atoms with van der Waals surface area (Å²) in [7, 11) is 1.69. The minimum atomic E-state index is -0.460. The Morgan fingerprint density at radius 1 is 1.15 bits per heavy atom. The Morgan fingerprint density at radius 2 is 1.75 bits per heavy atom. The van der Waals surface area contributed by atoms with Gasteiger partial charge in [0.15, 0.2) is 0 Å². The fourth-order valence-corrected chi connectivity index (χ4v) is 3.86. The smallest absolute Gasteiger partial charge is 0.235 e. The van der Waals surface area contributed by atoms with E-state index in [1.807, 2.05) is 0 Å². The molecule has 1 aliphatic carbocycles. The van der Waals surface area contributed by atoms with Gasteiger partial charge in [0, 0.05) is 10.0 Å². The summed E-state index contributed by atoms with van der Waals surface area (Å²) in [4.78, 5) is 15.1. The van der Waals surface area contributed by atoms with Gasteiger partial charge in [-0.25, -0.2) is 4.79 Å². The molecular weight excluding hydrogens is 318 g/mol. The summed E-state index contributed by atoms with van der Waals surface area (Å²) < 4.78 is 6.75. The SMILES string of the molecule is COc1c(C)c(C)c(Br)c(C)c1C1(N=C=O)CCCC1. The van der Waals surface area contributed by atoms with Crippen molar-refractivity contribution >= 4 is 22.0 Å². The Labute approximate surface area is 128 Å². The highest BCUT2D eigenvalue weighted by atomic mass is 79.9. The van der Waals surface area contributed by atoms with Crippen LogP contribution in [0, 0.1) is 20.8 Å². The lowest BCUT2D eigenvalue weighted by molar-refractivity contribution is 0.374. The maximum Gasteiger partial charge on any atom is 0.235 e. The summed E-state index contributed by atoms with van der Waals surface area (Å²) in [6.45, 7) is 6.19. The molecule has 3 nitrogen and oxygen atoms in total. The molecule has 0 bridgehead atoms. The molecule has 4 heteroatoms. The van der Waals surface area contributed by atoms with Gasteiger partial charge in [-0.15, -0.1) is 0 Å². The van der Waals surface area contributed by atoms with Gasteiger partial charge in [-0.1, -0.05) is 28.8 Å². The number of hydrogen-bond donors (Lipinski definition) is 0. The second-order valence-electron chi connectivity index (χ2n) is 5.54. The van der Waals surface area contributed by atoms with E-state index in [9.17, 15) is 4.79 Å². The molecule has 0 amide bonds. The number of nitrogens with zero attached hydrogens (tertiary/aromatic N) is 1. The van der Waals surface area contributed by atoms with Crippen molar-refractivity contribution in [3.05, 3.63) is 26.7 Å². The molecule has 1 aromatic rings. The summed E-state index contributed by atoms with van der Waals surface area (Å²) in [5, 5.41) is 0. The van der Waals surface area contributed by atoms with Crippen LogP contribution in [0.25, 0.3) is 0 Å². The Hall–Kier alpha value is -1.12. The zero-order chi connectivity index (χ0) is 14.9. The van der Waals surface area contributed by atoms with Gasteiger partial charge in [0.1, 0.15) is 11.3 Å². The molecule has 108 valence electrons. The third-order valence-electron chi connectivity index (χ3n) is 4.52. The molecule has 0 aromatic heterocycles. The van der Waals surface area contributed by atoms with Gasteiger partial charge >= 0.3 is 0 Å². The number of isocyanates is 1. The first-order chi connectivity index (χ1) is 9.48. The maximum atomic E-state index is 10.9. The highest BCUT2D eigenvalue weighted by Crippen LogP contribution is 2.50. The largest absolute Gasteiger partial charge is 0.496 e. The Morgan fingerprint density at radius 3 is 2.25 bits per heavy atom. The fourth-order valence-electron chi connectivity index (χ4n) is 3.36. The summed E-state index contributed by atoms with van der Waals surface area (Å²) in [6, 6.07) is 0. The second kappa shape index (κ2) is 5.71. The molecule has 0 radical (unpaired) electrons. The minimum absolute atomic E-state index is 0.460. The molecule has 0 N–H and O–H groups in total. The molecular formula is C16H20BrNO2. The Kier molecular flexibility index (Phi) is 4.36. The number of halogens is 1. The molecule has 2 rings (SSSR count). The van der Waals surface area contributed by atoms with Crippen LogP contribution in [0.15, 0.2) is 9.47 Å². The number of carbonyl (C=O) groups excluding carboxylic acids is 1. The highest BCUT2D eigenvalue weighted by Gasteiger charge is 2.40. The summed E-state index contributed by atoms with van der Waals surface area (Å²) >= 11 is 3.67. The number of ether oxygens (including phenoxy) is 1. The van der Waals surface area contributed by atoms with Crippen molar-refractivity contribution in [3.63, 3.8) is 0 Å². The first-order valence-corrected chi connectivity index (χ1v) is 7.70. The molecule has 1 aromatic carbocycles. The van der Waals surface area contributed by atoms with E-state index in [0.717, 1.165) is 52.6 Å². The number of aliphatic imine (C=N–C) groups is 1. The van der Waals surface area contributed by atoms with E-state index in [-0.39, 0.29) is 0 Å². The van der Waals surface area contributed by atoms with E-state index in [1.54, 1.807) is 13.2 Å². The minimum Gasteiger partial charge on any atom is -0.496 e. The van der Waals surface area contributed by atoms with Crippen LogP contribution in [0.4, 0.5) is 0 Å². The lowest BCUT2D eigenvalue weighted by atomic mass is 9.83. The van der Waals surface area contributed by atoms with Gasteiger partial charge in [-0.05, 0) is 50.3 Å². The van der Waals surface area contributed by atoms with Crippen LogP contribution >= 0.6 is 15.9 Å². The maximum absolute atomic E-state index is 10.9. The summed E-state index contributed by atoms with van der Waals surface area (Å²) in [6.07, 6.45) is 5.72. The van der Waals surface area contributed by atoms with Crippen LogP contribution in [0.1, 0.15) is 47.9 Å². The third-order valence-corrected chi connectivity index (χ3v) is 5.71. The first kappa shape index (κ1) is 15.3. The van der Waals surface area contributed by atoms with Gasteiger partial charge in [0.2, 0.25) is 6.08 Å². The predicted octanol–water partition coefficient (Wildman–Crippen LogP) is 4.49. The molecule has 20 heavy (non-hydrogen) atoms. The normalized spacial score (nSPS) is 16.9. The van der Waals surface area contributed by atoms with Gasteiger partial charge in [0.25, 0.3) is 0 Å². The van der Waals surface area contributed by atoms with Crippen molar-refractivity contribution in [3.8, 4) is 5.75 Å². The van der Waals surface area contributed by atoms with Crippen molar-refractivity contribution in [2.75, 3.05) is 7.11 Å². The monoisotopic (exact) mass is 337 g/mol. The quantitative estimate of drug-likeness (QED) is 0.602. The van der Waals surface area contributed by atoms with Crippen molar-refractivity contribution in [1.29, 1.82) is 0 Å². The molecule has 0 atom stereocenters. The van der Waals surface area contributed by atoms with Gasteiger partial charge in [0.05, 0.1) is 7.11 Å². The molecule has 1 aliphatic rings. The van der Waals surface area contributed by atoms with Crippen LogP contribution in [0.2, 0.25) is 0 Å². The van der Waals surface area contributed by atoms with Crippen LogP contribution in [0.3, 0.4) is 0 Å². The van der Waals surface area contributed by atoms with Crippen molar-refractivity contribution in [2.24, 2.45) is 4.99 Å². The third kappa shape index (κ3) is 2.21. The fraction of sp³-hybridized carbons (Fsp3) is 0.562. The number of hydrogen-bond acceptors (Lipinski definition) is 3. The van der Waals surface area contributed by atoms with E-state index >= 15 is 0 Å². The number of benzene rings is 1. The van der Waals surface area contributed by atoms with Crippen molar-refractivity contribution < 1.29 is 9.53 Å². The van der Waals surface area contributed by atoms with Crippen LogP contribution < -0.4 is 4.74 Å². The van der Waals surface area contributed by atoms with Crippen LogP contribution in [-0.4, -0.2) is 13.2 Å². The first-order valence-electron chi connectivity index (χ1n) is 6.91.